The standard InChI is InChI=1S/C14H15N3O3/c1-16(2)11-4-3-5-13(8-11)20-14-7-10(15)6-12(9-14)17(18)19/h3-9H,15H2,1-2H3. The van der Waals surface area contributed by atoms with Crippen LogP contribution in [0.2, 0.25) is 0 Å². The van der Waals surface area contributed by atoms with Crippen molar-refractivity contribution >= 4 is 17.1 Å². The van der Waals surface area contributed by atoms with E-state index in [0.29, 0.717) is 11.5 Å². The SMILES string of the molecule is CN(C)c1cccc(Oc2cc(N)cc([N+](=O)[O-])c2)c1. The molecule has 6 heteroatoms. The van der Waals surface area contributed by atoms with Gasteiger partial charge in [-0.1, -0.05) is 6.07 Å². The Balaban J connectivity index is 2.30. The van der Waals surface area contributed by atoms with Gasteiger partial charge in [-0.15, -0.1) is 0 Å². The van der Waals surface area contributed by atoms with Gasteiger partial charge < -0.3 is 15.4 Å². The summed E-state index contributed by atoms with van der Waals surface area (Å²) < 4.78 is 5.63. The molecule has 0 heterocycles. The van der Waals surface area contributed by atoms with Crippen LogP contribution in [-0.4, -0.2) is 19.0 Å². The molecule has 0 atom stereocenters. The predicted octanol–water partition coefficient (Wildman–Crippen LogP) is 3.04. The Kier molecular flexibility index (Phi) is 3.74. The molecule has 20 heavy (non-hydrogen) atoms. The minimum Gasteiger partial charge on any atom is -0.457 e. The minimum absolute atomic E-state index is 0.0937. The molecule has 2 rings (SSSR count). The molecule has 2 aromatic carbocycles. The molecule has 0 aliphatic carbocycles. The number of benzene rings is 2. The number of nitrogens with two attached hydrogens (primary N) is 1. The van der Waals surface area contributed by atoms with Gasteiger partial charge in [0, 0.05) is 43.7 Å². The highest BCUT2D eigenvalue weighted by Crippen LogP contribution is 2.29. The number of nitrogen functional groups attached to an aromatic ring is 1. The Bertz CT molecular complexity index is 641. The topological polar surface area (TPSA) is 81.6 Å². The lowest BCUT2D eigenvalue weighted by atomic mass is 10.2. The van der Waals surface area contributed by atoms with E-state index in [2.05, 4.69) is 0 Å². The van der Waals surface area contributed by atoms with E-state index in [4.69, 9.17) is 10.5 Å². The third-order valence-electron chi connectivity index (χ3n) is 2.69. The van der Waals surface area contributed by atoms with E-state index in [1.165, 1.54) is 12.1 Å². The first kappa shape index (κ1) is 13.7. The monoisotopic (exact) mass is 273 g/mol. The van der Waals surface area contributed by atoms with Crippen LogP contribution >= 0.6 is 0 Å². The van der Waals surface area contributed by atoms with Crippen LogP contribution in [0.3, 0.4) is 0 Å². The average Bonchev–Trinajstić information content (AvgIpc) is 2.38. The van der Waals surface area contributed by atoms with Crippen molar-refractivity contribution in [3.63, 3.8) is 0 Å². The number of nitro benzene ring substituents is 1. The fourth-order valence-corrected chi connectivity index (χ4v) is 1.73. The number of non-ortho nitro benzene ring substituents is 1. The van der Waals surface area contributed by atoms with Crippen molar-refractivity contribution in [1.82, 2.24) is 0 Å². The van der Waals surface area contributed by atoms with Gasteiger partial charge in [0.2, 0.25) is 0 Å². The van der Waals surface area contributed by atoms with Crippen LogP contribution in [-0.2, 0) is 0 Å². The van der Waals surface area contributed by atoms with Gasteiger partial charge in [-0.25, -0.2) is 0 Å². The van der Waals surface area contributed by atoms with E-state index in [0.717, 1.165) is 5.69 Å². The van der Waals surface area contributed by atoms with E-state index >= 15 is 0 Å². The van der Waals surface area contributed by atoms with Crippen LogP contribution in [0.5, 0.6) is 11.5 Å². The number of nitrogens with zero attached hydrogens (tertiary/aromatic N) is 2. The molecular weight excluding hydrogens is 258 g/mol. The predicted molar refractivity (Wildman–Crippen MR) is 78.4 cm³/mol. The highest BCUT2D eigenvalue weighted by Gasteiger charge is 2.10. The summed E-state index contributed by atoms with van der Waals surface area (Å²) in [4.78, 5) is 12.2. The average molecular weight is 273 g/mol. The molecule has 0 aliphatic heterocycles. The summed E-state index contributed by atoms with van der Waals surface area (Å²) in [5.74, 6) is 0.934. The highest BCUT2D eigenvalue weighted by molar-refractivity contribution is 5.55. The maximum atomic E-state index is 10.8. The molecule has 2 N–H and O–H groups in total. The number of hydrogen-bond acceptors (Lipinski definition) is 5. The molecule has 0 aromatic heterocycles. The van der Waals surface area contributed by atoms with E-state index in [1.807, 2.05) is 37.2 Å². The first-order chi connectivity index (χ1) is 9.45. The Morgan fingerprint density at radius 1 is 1.15 bits per heavy atom. The number of nitro groups is 1. The zero-order chi connectivity index (χ0) is 14.7. The van der Waals surface area contributed by atoms with Gasteiger partial charge in [0.25, 0.3) is 5.69 Å². The van der Waals surface area contributed by atoms with E-state index in [9.17, 15) is 10.1 Å². The lowest BCUT2D eigenvalue weighted by Gasteiger charge is -2.14. The maximum Gasteiger partial charge on any atom is 0.275 e. The summed E-state index contributed by atoms with van der Waals surface area (Å²) in [6.45, 7) is 0. The smallest absolute Gasteiger partial charge is 0.275 e. The molecule has 0 unspecified atom stereocenters. The third-order valence-corrected chi connectivity index (χ3v) is 2.69. The molecule has 0 aliphatic rings. The van der Waals surface area contributed by atoms with Gasteiger partial charge >= 0.3 is 0 Å². The Morgan fingerprint density at radius 2 is 1.90 bits per heavy atom. The number of hydrogen-bond donors (Lipinski definition) is 1. The van der Waals surface area contributed by atoms with Gasteiger partial charge in [-0.3, -0.25) is 10.1 Å². The van der Waals surface area contributed by atoms with Gasteiger partial charge in [0.05, 0.1) is 11.0 Å². The van der Waals surface area contributed by atoms with Crippen LogP contribution < -0.4 is 15.4 Å². The quantitative estimate of drug-likeness (QED) is 0.526. The van der Waals surface area contributed by atoms with Crippen molar-refractivity contribution in [2.24, 2.45) is 0 Å². The van der Waals surface area contributed by atoms with Crippen molar-refractivity contribution in [3.8, 4) is 11.5 Å². The van der Waals surface area contributed by atoms with Crippen molar-refractivity contribution in [2.75, 3.05) is 24.7 Å². The molecule has 104 valence electrons. The van der Waals surface area contributed by atoms with Gasteiger partial charge in [-0.2, -0.15) is 0 Å². The maximum absolute atomic E-state index is 10.8. The number of rotatable bonds is 4. The highest BCUT2D eigenvalue weighted by atomic mass is 16.6. The molecule has 0 amide bonds. The second-order valence-corrected chi connectivity index (χ2v) is 4.51. The summed E-state index contributed by atoms with van der Waals surface area (Å²) in [5, 5.41) is 10.8. The van der Waals surface area contributed by atoms with Crippen molar-refractivity contribution in [3.05, 3.63) is 52.6 Å². The first-order valence-corrected chi connectivity index (χ1v) is 5.96. The lowest BCUT2D eigenvalue weighted by molar-refractivity contribution is -0.384. The van der Waals surface area contributed by atoms with Crippen molar-refractivity contribution in [1.29, 1.82) is 0 Å². The fourth-order valence-electron chi connectivity index (χ4n) is 1.73. The fraction of sp³-hybridized carbons (Fsp3) is 0.143. The number of ether oxygens (including phenoxy) is 1. The summed E-state index contributed by atoms with van der Waals surface area (Å²) in [5.41, 5.74) is 6.81. The van der Waals surface area contributed by atoms with Crippen LogP contribution in [0.25, 0.3) is 0 Å². The molecule has 6 nitrogen and oxygen atoms in total. The summed E-state index contributed by atoms with van der Waals surface area (Å²) in [6, 6.07) is 11.6. The first-order valence-electron chi connectivity index (χ1n) is 5.96. The summed E-state index contributed by atoms with van der Waals surface area (Å²) in [6.07, 6.45) is 0. The Labute approximate surface area is 116 Å². The molecule has 0 radical (unpaired) electrons. The van der Waals surface area contributed by atoms with Crippen LogP contribution in [0.1, 0.15) is 0 Å². The largest absolute Gasteiger partial charge is 0.457 e. The molecule has 0 spiro atoms. The molecule has 0 fully saturated rings. The zero-order valence-corrected chi connectivity index (χ0v) is 11.2. The normalized spacial score (nSPS) is 10.1. The van der Waals surface area contributed by atoms with E-state index in [1.54, 1.807) is 12.1 Å². The van der Waals surface area contributed by atoms with Crippen LogP contribution in [0, 0.1) is 10.1 Å². The van der Waals surface area contributed by atoms with Gasteiger partial charge in [0.1, 0.15) is 11.5 Å². The molecule has 0 saturated heterocycles. The van der Waals surface area contributed by atoms with Crippen molar-refractivity contribution in [2.45, 2.75) is 0 Å². The Hall–Kier alpha value is -2.76. The van der Waals surface area contributed by atoms with E-state index < -0.39 is 4.92 Å². The van der Waals surface area contributed by atoms with Gasteiger partial charge in [0.15, 0.2) is 0 Å². The van der Waals surface area contributed by atoms with Crippen LogP contribution in [0.4, 0.5) is 17.1 Å². The zero-order valence-electron chi connectivity index (χ0n) is 11.2. The molecule has 2 aromatic rings. The van der Waals surface area contributed by atoms with Crippen LogP contribution in [0.15, 0.2) is 42.5 Å². The van der Waals surface area contributed by atoms with E-state index in [-0.39, 0.29) is 11.4 Å². The minimum atomic E-state index is -0.501. The summed E-state index contributed by atoms with van der Waals surface area (Å²) >= 11 is 0. The second-order valence-electron chi connectivity index (χ2n) is 4.51. The Morgan fingerprint density at radius 3 is 2.55 bits per heavy atom. The molecular formula is C14H15N3O3. The van der Waals surface area contributed by atoms with Gasteiger partial charge in [-0.05, 0) is 12.1 Å². The molecule has 0 saturated carbocycles. The molecule has 0 bridgehead atoms. The van der Waals surface area contributed by atoms with Crippen molar-refractivity contribution < 1.29 is 9.66 Å². The summed E-state index contributed by atoms with van der Waals surface area (Å²) in [7, 11) is 3.84. The number of anilines is 2. The third kappa shape index (κ3) is 3.17. The lowest BCUT2D eigenvalue weighted by Crippen LogP contribution is -2.08. The second kappa shape index (κ2) is 5.48.